The highest BCUT2D eigenvalue weighted by atomic mass is 16.4. The van der Waals surface area contributed by atoms with Crippen molar-refractivity contribution in [3.05, 3.63) is 36.1 Å². The number of amides is 2. The molecule has 5 N–H and O–H groups in total. The van der Waals surface area contributed by atoms with Gasteiger partial charge < -0.3 is 21.5 Å². The maximum absolute atomic E-state index is 11.7. The molecule has 0 aromatic carbocycles. The smallest absolute Gasteiger partial charge is 0.303 e. The molecule has 0 fully saturated rings. The topological polar surface area (TPSA) is 122 Å². The Morgan fingerprint density at radius 2 is 2.00 bits per heavy atom. The number of carbonyl (C=O) groups excluding carboxylic acids is 2. The van der Waals surface area contributed by atoms with Crippen molar-refractivity contribution in [3.8, 4) is 0 Å². The van der Waals surface area contributed by atoms with E-state index in [0.717, 1.165) is 5.57 Å². The molecule has 1 aliphatic carbocycles. The number of hydrogen-bond donors (Lipinski definition) is 4. The van der Waals surface area contributed by atoms with Gasteiger partial charge in [-0.05, 0) is 18.2 Å². The van der Waals surface area contributed by atoms with Crippen molar-refractivity contribution in [2.24, 2.45) is 11.7 Å². The molecular weight excluding hydrogens is 286 g/mol. The molecule has 2 aliphatic rings. The molecular formula is C15H19N3O4. The molecule has 0 saturated heterocycles. The third-order valence-electron chi connectivity index (χ3n) is 3.71. The van der Waals surface area contributed by atoms with Crippen molar-refractivity contribution < 1.29 is 19.5 Å². The van der Waals surface area contributed by atoms with E-state index in [9.17, 15) is 14.4 Å². The fraction of sp³-hybridized carbons (Fsp3) is 0.400. The molecule has 1 aliphatic heterocycles. The fourth-order valence-electron chi connectivity index (χ4n) is 2.56. The highest BCUT2D eigenvalue weighted by Crippen LogP contribution is 2.29. The van der Waals surface area contributed by atoms with E-state index >= 15 is 0 Å². The lowest BCUT2D eigenvalue weighted by Crippen LogP contribution is -2.45. The van der Waals surface area contributed by atoms with E-state index in [0.29, 0.717) is 6.42 Å². The van der Waals surface area contributed by atoms with Crippen LogP contribution >= 0.6 is 0 Å². The molecule has 22 heavy (non-hydrogen) atoms. The van der Waals surface area contributed by atoms with Crippen LogP contribution in [0.25, 0.3) is 0 Å². The summed E-state index contributed by atoms with van der Waals surface area (Å²) < 4.78 is 0. The first kappa shape index (κ1) is 15.8. The molecule has 0 aromatic rings. The number of hydrogen-bond acceptors (Lipinski definition) is 4. The van der Waals surface area contributed by atoms with Gasteiger partial charge in [0.15, 0.2) is 0 Å². The molecule has 7 heteroatoms. The van der Waals surface area contributed by atoms with E-state index in [4.69, 9.17) is 10.8 Å². The highest BCUT2D eigenvalue weighted by molar-refractivity contribution is 5.88. The van der Waals surface area contributed by atoms with Crippen LogP contribution in [0.5, 0.6) is 0 Å². The van der Waals surface area contributed by atoms with Crippen LogP contribution in [0.15, 0.2) is 36.1 Å². The van der Waals surface area contributed by atoms with Gasteiger partial charge in [0.05, 0.1) is 12.5 Å². The second kappa shape index (κ2) is 6.93. The lowest BCUT2D eigenvalue weighted by molar-refractivity contribution is -0.139. The summed E-state index contributed by atoms with van der Waals surface area (Å²) in [4.78, 5) is 33.7. The van der Waals surface area contributed by atoms with Crippen LogP contribution < -0.4 is 16.4 Å². The summed E-state index contributed by atoms with van der Waals surface area (Å²) >= 11 is 0. The van der Waals surface area contributed by atoms with Crippen molar-refractivity contribution in [1.29, 1.82) is 0 Å². The maximum Gasteiger partial charge on any atom is 0.303 e. The number of allylic oxidation sites excluding steroid dienone is 2. The number of nitrogens with two attached hydrogens (primary N) is 1. The molecule has 2 unspecified atom stereocenters. The number of rotatable bonds is 7. The molecule has 0 aromatic heterocycles. The normalized spacial score (nSPS) is 23.2. The largest absolute Gasteiger partial charge is 0.481 e. The number of carboxylic acids is 1. The number of carboxylic acid groups (broad SMARTS) is 1. The van der Waals surface area contributed by atoms with Gasteiger partial charge in [-0.15, -0.1) is 0 Å². The third kappa shape index (κ3) is 3.97. The Balaban J connectivity index is 1.93. The first-order valence-electron chi connectivity index (χ1n) is 7.08. The quantitative estimate of drug-likeness (QED) is 0.519. The van der Waals surface area contributed by atoms with E-state index in [1.807, 2.05) is 30.5 Å². The van der Waals surface area contributed by atoms with Crippen molar-refractivity contribution in [3.63, 3.8) is 0 Å². The standard InChI is InChI=1S/C15H19N3O4/c16-15(22)12(18-13(19)5-6-14(20)21)7-9-8-17-11-4-2-1-3-10(9)11/h1-4,8,10-12,17H,5-7H2,(H2,16,22)(H,18,19)(H,20,21)/t10?,11?,12-/m0/s1. The zero-order valence-corrected chi connectivity index (χ0v) is 12.0. The predicted molar refractivity (Wildman–Crippen MR) is 79.4 cm³/mol. The number of fused-ring (bicyclic) bond motifs is 1. The predicted octanol–water partition coefficient (Wildman–Crippen LogP) is -0.191. The number of primary amides is 1. The van der Waals surface area contributed by atoms with Crippen molar-refractivity contribution in [1.82, 2.24) is 10.6 Å². The molecule has 3 atom stereocenters. The van der Waals surface area contributed by atoms with Crippen LogP contribution in [0.3, 0.4) is 0 Å². The van der Waals surface area contributed by atoms with Gasteiger partial charge >= 0.3 is 5.97 Å². The van der Waals surface area contributed by atoms with Crippen LogP contribution in [0.4, 0.5) is 0 Å². The van der Waals surface area contributed by atoms with Crippen molar-refractivity contribution >= 4 is 17.8 Å². The Morgan fingerprint density at radius 1 is 1.27 bits per heavy atom. The average molecular weight is 305 g/mol. The highest BCUT2D eigenvalue weighted by Gasteiger charge is 2.30. The molecule has 0 saturated carbocycles. The van der Waals surface area contributed by atoms with E-state index in [2.05, 4.69) is 10.6 Å². The van der Waals surface area contributed by atoms with Gasteiger partial charge in [0, 0.05) is 12.3 Å². The molecule has 1 heterocycles. The minimum atomic E-state index is -1.06. The summed E-state index contributed by atoms with van der Waals surface area (Å²) in [5.74, 6) is -2.05. The summed E-state index contributed by atoms with van der Waals surface area (Å²) in [5.41, 5.74) is 6.32. The second-order valence-corrected chi connectivity index (χ2v) is 5.33. The van der Waals surface area contributed by atoms with Gasteiger partial charge in [-0.2, -0.15) is 0 Å². The van der Waals surface area contributed by atoms with Gasteiger partial charge in [-0.3, -0.25) is 14.4 Å². The van der Waals surface area contributed by atoms with Gasteiger partial charge in [-0.25, -0.2) is 0 Å². The van der Waals surface area contributed by atoms with Gasteiger partial charge in [-0.1, -0.05) is 24.3 Å². The average Bonchev–Trinajstić information content (AvgIpc) is 2.87. The van der Waals surface area contributed by atoms with E-state index in [-0.39, 0.29) is 24.8 Å². The van der Waals surface area contributed by atoms with Crippen LogP contribution in [0.1, 0.15) is 19.3 Å². The summed E-state index contributed by atoms with van der Waals surface area (Å²) in [5, 5.41) is 14.3. The minimum Gasteiger partial charge on any atom is -0.481 e. The number of aliphatic carboxylic acids is 1. The third-order valence-corrected chi connectivity index (χ3v) is 3.71. The second-order valence-electron chi connectivity index (χ2n) is 5.33. The lowest BCUT2D eigenvalue weighted by atomic mass is 9.88. The molecule has 2 amide bonds. The molecule has 0 spiro atoms. The van der Waals surface area contributed by atoms with Crippen molar-refractivity contribution in [2.45, 2.75) is 31.3 Å². The summed E-state index contributed by atoms with van der Waals surface area (Å²) in [7, 11) is 0. The SMILES string of the molecule is NC(=O)[C@H](CC1=CNC2C=CC=CC12)NC(=O)CCC(=O)O. The summed E-state index contributed by atoms with van der Waals surface area (Å²) in [6.45, 7) is 0. The zero-order chi connectivity index (χ0) is 16.1. The van der Waals surface area contributed by atoms with Gasteiger partial charge in [0.25, 0.3) is 0 Å². The Bertz CT molecular complexity index is 565. The van der Waals surface area contributed by atoms with E-state index in [1.165, 1.54) is 0 Å². The van der Waals surface area contributed by atoms with Crippen LogP contribution in [0.2, 0.25) is 0 Å². The zero-order valence-electron chi connectivity index (χ0n) is 12.0. The molecule has 118 valence electrons. The van der Waals surface area contributed by atoms with Crippen molar-refractivity contribution in [2.75, 3.05) is 0 Å². The van der Waals surface area contributed by atoms with Gasteiger partial charge in [0.2, 0.25) is 11.8 Å². The fourth-order valence-corrected chi connectivity index (χ4v) is 2.56. The Hall–Kier alpha value is -2.57. The van der Waals surface area contributed by atoms with Gasteiger partial charge in [0.1, 0.15) is 6.04 Å². The van der Waals surface area contributed by atoms with E-state index in [1.54, 1.807) is 0 Å². The molecule has 0 radical (unpaired) electrons. The first-order valence-corrected chi connectivity index (χ1v) is 7.08. The van der Waals surface area contributed by atoms with Crippen LogP contribution in [-0.4, -0.2) is 35.0 Å². The lowest BCUT2D eigenvalue weighted by Gasteiger charge is -2.22. The molecule has 7 nitrogen and oxygen atoms in total. The number of nitrogens with one attached hydrogen (secondary N) is 2. The Morgan fingerprint density at radius 3 is 2.68 bits per heavy atom. The first-order chi connectivity index (χ1) is 10.5. The van der Waals surface area contributed by atoms with Crippen LogP contribution in [0, 0.1) is 5.92 Å². The maximum atomic E-state index is 11.7. The van der Waals surface area contributed by atoms with E-state index < -0.39 is 23.8 Å². The number of carbonyl (C=O) groups is 3. The van der Waals surface area contributed by atoms with Crippen LogP contribution in [-0.2, 0) is 14.4 Å². The monoisotopic (exact) mass is 305 g/mol. The summed E-state index contributed by atoms with van der Waals surface area (Å²) in [6.07, 6.45) is 9.64. The molecule has 0 bridgehead atoms. The Labute approximate surface area is 127 Å². The Kier molecular flexibility index (Phi) is 4.98. The minimum absolute atomic E-state index is 0.141. The molecule has 2 rings (SSSR count). The summed E-state index contributed by atoms with van der Waals surface area (Å²) in [6, 6.07) is -0.677.